The van der Waals surface area contributed by atoms with Gasteiger partial charge < -0.3 is 14.6 Å². The number of aliphatic hydroxyl groups excluding tert-OH is 1. The quantitative estimate of drug-likeness (QED) is 0.712. The Kier molecular flexibility index (Phi) is 2.79. The SMILES string of the molecule is CC1(C2CCCS2(=O)=O)OCC(CO)O1. The summed E-state index contributed by atoms with van der Waals surface area (Å²) in [6.45, 7) is 1.78. The lowest BCUT2D eigenvalue weighted by Gasteiger charge is -2.28. The van der Waals surface area contributed by atoms with Crippen molar-refractivity contribution >= 4 is 9.84 Å². The Morgan fingerprint density at radius 1 is 1.53 bits per heavy atom. The fraction of sp³-hybridized carbons (Fsp3) is 1.00. The maximum absolute atomic E-state index is 11.7. The van der Waals surface area contributed by atoms with Gasteiger partial charge in [-0.25, -0.2) is 8.42 Å². The van der Waals surface area contributed by atoms with Gasteiger partial charge in [0.1, 0.15) is 11.4 Å². The van der Waals surface area contributed by atoms with Gasteiger partial charge in [0.25, 0.3) is 0 Å². The van der Waals surface area contributed by atoms with Crippen molar-refractivity contribution in [2.75, 3.05) is 19.0 Å². The lowest BCUT2D eigenvalue weighted by Crippen LogP contribution is -2.44. The van der Waals surface area contributed by atoms with Gasteiger partial charge in [0, 0.05) is 0 Å². The predicted octanol–water partition coefficient (Wildman–Crippen LogP) is -0.313. The second-order valence-electron chi connectivity index (χ2n) is 4.25. The minimum Gasteiger partial charge on any atom is -0.394 e. The molecule has 0 aliphatic carbocycles. The molecule has 5 nitrogen and oxygen atoms in total. The number of rotatable bonds is 2. The third-order valence-electron chi connectivity index (χ3n) is 3.07. The maximum atomic E-state index is 11.7. The standard InChI is InChI=1S/C9H16O5S/c1-9(13-6-7(5-10)14-9)8-3-2-4-15(8,11)12/h7-8,10H,2-6H2,1H3. The number of aliphatic hydroxyl groups is 1. The average Bonchev–Trinajstić information content (AvgIpc) is 2.70. The van der Waals surface area contributed by atoms with Crippen molar-refractivity contribution < 1.29 is 23.0 Å². The molecule has 2 rings (SSSR count). The molecule has 0 aromatic rings. The zero-order valence-corrected chi connectivity index (χ0v) is 9.50. The van der Waals surface area contributed by atoms with Crippen LogP contribution in [-0.4, -0.2) is 49.6 Å². The van der Waals surface area contributed by atoms with E-state index in [1.54, 1.807) is 6.92 Å². The van der Waals surface area contributed by atoms with Crippen LogP contribution >= 0.6 is 0 Å². The second-order valence-corrected chi connectivity index (χ2v) is 6.55. The van der Waals surface area contributed by atoms with Crippen molar-refractivity contribution in [3.05, 3.63) is 0 Å². The predicted molar refractivity (Wildman–Crippen MR) is 53.1 cm³/mol. The summed E-state index contributed by atoms with van der Waals surface area (Å²) in [5.41, 5.74) is 0. The molecule has 2 aliphatic heterocycles. The van der Waals surface area contributed by atoms with Crippen LogP contribution in [0.3, 0.4) is 0 Å². The molecule has 0 radical (unpaired) electrons. The van der Waals surface area contributed by atoms with Crippen LogP contribution in [-0.2, 0) is 19.3 Å². The van der Waals surface area contributed by atoms with E-state index in [1.807, 2.05) is 0 Å². The molecule has 2 saturated heterocycles. The maximum Gasteiger partial charge on any atom is 0.182 e. The van der Waals surface area contributed by atoms with E-state index in [0.29, 0.717) is 12.8 Å². The largest absolute Gasteiger partial charge is 0.394 e. The van der Waals surface area contributed by atoms with Gasteiger partial charge in [-0.05, 0) is 19.8 Å². The Morgan fingerprint density at radius 3 is 2.73 bits per heavy atom. The van der Waals surface area contributed by atoms with Crippen LogP contribution in [0.15, 0.2) is 0 Å². The number of sulfone groups is 1. The van der Waals surface area contributed by atoms with Crippen LogP contribution in [0, 0.1) is 0 Å². The van der Waals surface area contributed by atoms with Crippen molar-refractivity contribution in [3.8, 4) is 0 Å². The van der Waals surface area contributed by atoms with Crippen LogP contribution in [0.5, 0.6) is 0 Å². The lowest BCUT2D eigenvalue weighted by molar-refractivity contribution is -0.158. The molecule has 6 heteroatoms. The molecule has 2 fully saturated rings. The van der Waals surface area contributed by atoms with Crippen LogP contribution < -0.4 is 0 Å². The van der Waals surface area contributed by atoms with E-state index < -0.39 is 27.0 Å². The molecule has 1 N–H and O–H groups in total. The first-order valence-corrected chi connectivity index (χ1v) is 6.84. The molecule has 0 saturated carbocycles. The Hall–Kier alpha value is -0.170. The molecule has 2 heterocycles. The normalized spacial score (nSPS) is 44.7. The van der Waals surface area contributed by atoms with Gasteiger partial charge in [-0.3, -0.25) is 0 Å². The van der Waals surface area contributed by atoms with E-state index in [2.05, 4.69) is 0 Å². The van der Waals surface area contributed by atoms with E-state index in [1.165, 1.54) is 0 Å². The topological polar surface area (TPSA) is 72.8 Å². The molecule has 15 heavy (non-hydrogen) atoms. The van der Waals surface area contributed by atoms with Crippen LogP contribution in [0.1, 0.15) is 19.8 Å². The molecular formula is C9H16O5S. The summed E-state index contributed by atoms with van der Waals surface area (Å²) in [7, 11) is -3.09. The first-order chi connectivity index (χ1) is 6.98. The minimum absolute atomic E-state index is 0.137. The van der Waals surface area contributed by atoms with Gasteiger partial charge in [0.05, 0.1) is 19.0 Å². The van der Waals surface area contributed by atoms with Gasteiger partial charge in [0.15, 0.2) is 15.6 Å². The first-order valence-electron chi connectivity index (χ1n) is 5.12. The third-order valence-corrected chi connectivity index (χ3v) is 5.46. The monoisotopic (exact) mass is 236 g/mol. The zero-order valence-electron chi connectivity index (χ0n) is 8.68. The number of hydrogen-bond acceptors (Lipinski definition) is 5. The van der Waals surface area contributed by atoms with Crippen molar-refractivity contribution in [2.45, 2.75) is 36.9 Å². The molecule has 3 unspecified atom stereocenters. The van der Waals surface area contributed by atoms with E-state index >= 15 is 0 Å². The van der Waals surface area contributed by atoms with Crippen LogP contribution in [0.25, 0.3) is 0 Å². The molecule has 0 amide bonds. The second kappa shape index (κ2) is 3.69. The van der Waals surface area contributed by atoms with Crippen LogP contribution in [0.2, 0.25) is 0 Å². The molecular weight excluding hydrogens is 220 g/mol. The number of ether oxygens (including phenoxy) is 2. The fourth-order valence-electron chi connectivity index (χ4n) is 2.30. The summed E-state index contributed by atoms with van der Waals surface area (Å²) in [5.74, 6) is -0.855. The summed E-state index contributed by atoms with van der Waals surface area (Å²) < 4.78 is 34.3. The highest BCUT2D eigenvalue weighted by Gasteiger charge is 2.51. The van der Waals surface area contributed by atoms with E-state index in [0.717, 1.165) is 0 Å². The molecule has 0 aromatic heterocycles. The Bertz CT molecular complexity index is 338. The summed E-state index contributed by atoms with van der Waals surface area (Å²) in [6, 6.07) is 0. The van der Waals surface area contributed by atoms with E-state index in [-0.39, 0.29) is 19.0 Å². The van der Waals surface area contributed by atoms with Gasteiger partial charge in [-0.15, -0.1) is 0 Å². The fourth-order valence-corrected chi connectivity index (χ4v) is 4.45. The molecule has 88 valence electrons. The van der Waals surface area contributed by atoms with Gasteiger partial charge in [-0.2, -0.15) is 0 Å². The zero-order chi connectivity index (χ0) is 11.1. The smallest absolute Gasteiger partial charge is 0.182 e. The summed E-state index contributed by atoms with van der Waals surface area (Å²) in [4.78, 5) is 0. The highest BCUT2D eigenvalue weighted by Crippen LogP contribution is 2.36. The summed E-state index contributed by atoms with van der Waals surface area (Å²) >= 11 is 0. The third kappa shape index (κ3) is 1.91. The molecule has 0 spiro atoms. The average molecular weight is 236 g/mol. The Balaban J connectivity index is 2.17. The first kappa shape index (κ1) is 11.3. The molecule has 0 bridgehead atoms. The Labute approximate surface area is 89.3 Å². The highest BCUT2D eigenvalue weighted by molar-refractivity contribution is 7.92. The van der Waals surface area contributed by atoms with Crippen molar-refractivity contribution in [2.24, 2.45) is 0 Å². The summed E-state index contributed by atoms with van der Waals surface area (Å²) in [5, 5.41) is 8.33. The highest BCUT2D eigenvalue weighted by atomic mass is 32.2. The Morgan fingerprint density at radius 2 is 2.27 bits per heavy atom. The summed E-state index contributed by atoms with van der Waals surface area (Å²) in [6.07, 6.45) is 0.849. The molecule has 0 aromatic carbocycles. The minimum atomic E-state index is -3.09. The van der Waals surface area contributed by atoms with Crippen molar-refractivity contribution in [1.29, 1.82) is 0 Å². The molecule has 3 atom stereocenters. The van der Waals surface area contributed by atoms with Gasteiger partial charge >= 0.3 is 0 Å². The lowest BCUT2D eigenvalue weighted by atomic mass is 10.1. The van der Waals surface area contributed by atoms with Crippen molar-refractivity contribution in [1.82, 2.24) is 0 Å². The van der Waals surface area contributed by atoms with Gasteiger partial charge in [0.2, 0.25) is 0 Å². The number of hydrogen-bond donors (Lipinski definition) is 1. The van der Waals surface area contributed by atoms with Gasteiger partial charge in [-0.1, -0.05) is 0 Å². The molecule has 2 aliphatic rings. The van der Waals surface area contributed by atoms with E-state index in [4.69, 9.17) is 14.6 Å². The van der Waals surface area contributed by atoms with Crippen LogP contribution in [0.4, 0.5) is 0 Å². The van der Waals surface area contributed by atoms with E-state index in [9.17, 15) is 8.42 Å². The van der Waals surface area contributed by atoms with Crippen molar-refractivity contribution in [3.63, 3.8) is 0 Å².